The number of aromatic nitrogens is 1. The van der Waals surface area contributed by atoms with Gasteiger partial charge in [-0.25, -0.2) is 4.98 Å². The summed E-state index contributed by atoms with van der Waals surface area (Å²) in [5.74, 6) is 1.58. The quantitative estimate of drug-likeness (QED) is 0.862. The van der Waals surface area contributed by atoms with Crippen LogP contribution in [0.3, 0.4) is 0 Å². The fourth-order valence-corrected chi connectivity index (χ4v) is 2.35. The Labute approximate surface area is 114 Å². The van der Waals surface area contributed by atoms with Crippen molar-refractivity contribution in [3.05, 3.63) is 17.8 Å². The average molecular weight is 262 g/mol. The standard InChI is InChI=1S/C14H22N4O/c1-10-8-17-14(7-13(10)15)18-5-3-12(4-6-18)9-16-11(2)19/h7-8,12H,3-6,9H2,1-2H3,(H2,15,17)(H,16,19). The van der Waals surface area contributed by atoms with Crippen molar-refractivity contribution in [1.29, 1.82) is 0 Å². The maximum atomic E-state index is 10.9. The fourth-order valence-electron chi connectivity index (χ4n) is 2.35. The lowest BCUT2D eigenvalue weighted by Gasteiger charge is -2.33. The van der Waals surface area contributed by atoms with Crippen LogP contribution >= 0.6 is 0 Å². The van der Waals surface area contributed by atoms with Crippen LogP contribution in [0.25, 0.3) is 0 Å². The Hall–Kier alpha value is -1.78. The number of piperidine rings is 1. The van der Waals surface area contributed by atoms with Crippen LogP contribution in [0.2, 0.25) is 0 Å². The number of nitrogen functional groups attached to an aromatic ring is 1. The summed E-state index contributed by atoms with van der Waals surface area (Å²) in [5.41, 5.74) is 7.74. The number of amides is 1. The van der Waals surface area contributed by atoms with Gasteiger partial charge in [-0.1, -0.05) is 0 Å². The van der Waals surface area contributed by atoms with Gasteiger partial charge in [-0.3, -0.25) is 4.79 Å². The van der Waals surface area contributed by atoms with Gasteiger partial charge in [0.1, 0.15) is 5.82 Å². The molecule has 1 saturated heterocycles. The number of aryl methyl sites for hydroxylation is 1. The second kappa shape index (κ2) is 5.91. The zero-order valence-electron chi connectivity index (χ0n) is 11.6. The summed E-state index contributed by atoms with van der Waals surface area (Å²) < 4.78 is 0. The van der Waals surface area contributed by atoms with E-state index in [1.807, 2.05) is 19.2 Å². The number of hydrogen-bond donors (Lipinski definition) is 2. The average Bonchev–Trinajstić information content (AvgIpc) is 2.40. The van der Waals surface area contributed by atoms with E-state index in [0.29, 0.717) is 5.92 Å². The van der Waals surface area contributed by atoms with E-state index in [9.17, 15) is 4.79 Å². The molecule has 19 heavy (non-hydrogen) atoms. The molecule has 1 aliphatic rings. The molecule has 0 unspecified atom stereocenters. The van der Waals surface area contributed by atoms with Crippen molar-refractivity contribution in [2.24, 2.45) is 5.92 Å². The van der Waals surface area contributed by atoms with E-state index in [2.05, 4.69) is 15.2 Å². The smallest absolute Gasteiger partial charge is 0.216 e. The Bertz CT molecular complexity index is 453. The molecular formula is C14H22N4O. The van der Waals surface area contributed by atoms with E-state index in [4.69, 9.17) is 5.73 Å². The van der Waals surface area contributed by atoms with E-state index in [1.54, 1.807) is 6.92 Å². The highest BCUT2D eigenvalue weighted by atomic mass is 16.1. The first-order valence-electron chi connectivity index (χ1n) is 6.77. The van der Waals surface area contributed by atoms with E-state index < -0.39 is 0 Å². The van der Waals surface area contributed by atoms with Crippen LogP contribution in [-0.4, -0.2) is 30.5 Å². The molecule has 1 amide bonds. The number of carbonyl (C=O) groups is 1. The van der Waals surface area contributed by atoms with Crippen molar-refractivity contribution in [2.75, 3.05) is 30.3 Å². The summed E-state index contributed by atoms with van der Waals surface area (Å²) >= 11 is 0. The minimum Gasteiger partial charge on any atom is -0.398 e. The Kier molecular flexibility index (Phi) is 4.24. The third-order valence-corrected chi connectivity index (χ3v) is 3.71. The van der Waals surface area contributed by atoms with Crippen LogP contribution in [0.1, 0.15) is 25.3 Å². The van der Waals surface area contributed by atoms with Gasteiger partial charge >= 0.3 is 0 Å². The first-order valence-corrected chi connectivity index (χ1v) is 6.77. The van der Waals surface area contributed by atoms with Crippen LogP contribution in [0, 0.1) is 12.8 Å². The molecule has 104 valence electrons. The Morgan fingerprint density at radius 1 is 1.53 bits per heavy atom. The van der Waals surface area contributed by atoms with Crippen molar-refractivity contribution >= 4 is 17.4 Å². The maximum Gasteiger partial charge on any atom is 0.216 e. The molecular weight excluding hydrogens is 240 g/mol. The summed E-state index contributed by atoms with van der Waals surface area (Å²) in [7, 11) is 0. The highest BCUT2D eigenvalue weighted by molar-refractivity contribution is 5.72. The maximum absolute atomic E-state index is 10.9. The molecule has 0 aliphatic carbocycles. The highest BCUT2D eigenvalue weighted by Crippen LogP contribution is 2.23. The van der Waals surface area contributed by atoms with Crippen molar-refractivity contribution < 1.29 is 4.79 Å². The summed E-state index contributed by atoms with van der Waals surface area (Å²) in [6.45, 7) is 6.26. The number of nitrogens with zero attached hydrogens (tertiary/aromatic N) is 2. The molecule has 0 atom stereocenters. The van der Waals surface area contributed by atoms with Crippen LogP contribution < -0.4 is 16.0 Å². The lowest BCUT2D eigenvalue weighted by molar-refractivity contribution is -0.119. The summed E-state index contributed by atoms with van der Waals surface area (Å²) in [6, 6.07) is 1.95. The summed E-state index contributed by atoms with van der Waals surface area (Å²) in [5, 5.41) is 2.89. The minimum atomic E-state index is 0.0513. The predicted molar refractivity (Wildman–Crippen MR) is 77.0 cm³/mol. The molecule has 0 bridgehead atoms. The van der Waals surface area contributed by atoms with Gasteiger partial charge in [0.15, 0.2) is 0 Å². The fraction of sp³-hybridized carbons (Fsp3) is 0.571. The SMILES string of the molecule is CC(=O)NCC1CCN(c2cc(N)c(C)cn2)CC1. The monoisotopic (exact) mass is 262 g/mol. The molecule has 5 heteroatoms. The zero-order valence-corrected chi connectivity index (χ0v) is 11.6. The molecule has 3 N–H and O–H groups in total. The van der Waals surface area contributed by atoms with Gasteiger partial charge in [0, 0.05) is 44.5 Å². The lowest BCUT2D eigenvalue weighted by Crippen LogP contribution is -2.38. The first kappa shape index (κ1) is 13.6. The Balaban J connectivity index is 1.88. The van der Waals surface area contributed by atoms with Gasteiger partial charge < -0.3 is 16.0 Å². The van der Waals surface area contributed by atoms with Gasteiger partial charge in [-0.05, 0) is 31.2 Å². The molecule has 1 aromatic rings. The first-order chi connectivity index (χ1) is 9.06. The van der Waals surface area contributed by atoms with Gasteiger partial charge in [-0.2, -0.15) is 0 Å². The number of nitrogens with one attached hydrogen (secondary N) is 1. The van der Waals surface area contributed by atoms with Crippen LogP contribution in [0.4, 0.5) is 11.5 Å². The number of pyridine rings is 1. The molecule has 1 aromatic heterocycles. The molecule has 0 spiro atoms. The molecule has 0 aromatic carbocycles. The van der Waals surface area contributed by atoms with Crippen LogP contribution in [0.5, 0.6) is 0 Å². The van der Waals surface area contributed by atoms with E-state index in [-0.39, 0.29) is 5.91 Å². The number of rotatable bonds is 3. The molecule has 2 heterocycles. The predicted octanol–water partition coefficient (Wildman–Crippen LogP) is 1.32. The molecule has 0 saturated carbocycles. The second-order valence-electron chi connectivity index (χ2n) is 5.27. The Morgan fingerprint density at radius 2 is 2.21 bits per heavy atom. The number of carbonyl (C=O) groups excluding carboxylic acids is 1. The van der Waals surface area contributed by atoms with E-state index in [0.717, 1.165) is 49.5 Å². The van der Waals surface area contributed by atoms with Crippen molar-refractivity contribution in [1.82, 2.24) is 10.3 Å². The van der Waals surface area contributed by atoms with Crippen LogP contribution in [-0.2, 0) is 4.79 Å². The van der Waals surface area contributed by atoms with Gasteiger partial charge in [0.2, 0.25) is 5.91 Å². The summed E-state index contributed by atoms with van der Waals surface area (Å²) in [4.78, 5) is 17.6. The topological polar surface area (TPSA) is 71.2 Å². The largest absolute Gasteiger partial charge is 0.398 e. The third kappa shape index (κ3) is 3.59. The third-order valence-electron chi connectivity index (χ3n) is 3.71. The van der Waals surface area contributed by atoms with E-state index >= 15 is 0 Å². The van der Waals surface area contributed by atoms with Crippen molar-refractivity contribution in [3.63, 3.8) is 0 Å². The lowest BCUT2D eigenvalue weighted by atomic mass is 9.96. The summed E-state index contributed by atoms with van der Waals surface area (Å²) in [6.07, 6.45) is 3.99. The van der Waals surface area contributed by atoms with Crippen molar-refractivity contribution in [2.45, 2.75) is 26.7 Å². The minimum absolute atomic E-state index is 0.0513. The van der Waals surface area contributed by atoms with Crippen molar-refractivity contribution in [3.8, 4) is 0 Å². The number of anilines is 2. The molecule has 1 aliphatic heterocycles. The number of nitrogens with two attached hydrogens (primary N) is 1. The normalized spacial score (nSPS) is 16.4. The molecule has 0 radical (unpaired) electrons. The second-order valence-corrected chi connectivity index (χ2v) is 5.27. The van der Waals surface area contributed by atoms with E-state index in [1.165, 1.54) is 0 Å². The van der Waals surface area contributed by atoms with Gasteiger partial charge in [0.05, 0.1) is 0 Å². The van der Waals surface area contributed by atoms with Crippen LogP contribution in [0.15, 0.2) is 12.3 Å². The Morgan fingerprint density at radius 3 is 2.79 bits per heavy atom. The molecule has 2 rings (SSSR count). The zero-order chi connectivity index (χ0) is 13.8. The molecule has 5 nitrogen and oxygen atoms in total. The number of hydrogen-bond acceptors (Lipinski definition) is 4. The van der Waals surface area contributed by atoms with Gasteiger partial charge in [-0.15, -0.1) is 0 Å². The molecule has 1 fully saturated rings. The van der Waals surface area contributed by atoms with Gasteiger partial charge in [0.25, 0.3) is 0 Å². The highest BCUT2D eigenvalue weighted by Gasteiger charge is 2.20.